The molecule has 7 aromatic carbocycles. The molecule has 0 radical (unpaired) electrons. The maximum atomic E-state index is 5.43. The lowest BCUT2D eigenvalue weighted by molar-refractivity contribution is 0.0368. The van der Waals surface area contributed by atoms with Gasteiger partial charge in [0.05, 0.1) is 0 Å². The van der Waals surface area contributed by atoms with E-state index in [1.165, 1.54) is 96.8 Å². The Kier molecular flexibility index (Phi) is 8.45. The van der Waals surface area contributed by atoms with Crippen molar-refractivity contribution in [2.45, 2.75) is 70.6 Å². The van der Waals surface area contributed by atoms with E-state index >= 15 is 0 Å². The van der Waals surface area contributed by atoms with Gasteiger partial charge in [-0.1, -0.05) is 168 Å². The summed E-state index contributed by atoms with van der Waals surface area (Å²) in [7, 11) is 0. The molecule has 4 aliphatic rings. The van der Waals surface area contributed by atoms with Crippen molar-refractivity contribution in [3.63, 3.8) is 0 Å². The Labute approximate surface area is 380 Å². The zero-order valence-corrected chi connectivity index (χ0v) is 37.8. The third kappa shape index (κ3) is 5.41. The summed E-state index contributed by atoms with van der Waals surface area (Å²) in [6, 6.07) is 56.1. The van der Waals surface area contributed by atoms with Gasteiger partial charge in [-0.05, 0) is 118 Å². The lowest BCUT2D eigenvalue weighted by atomic mass is 9.49. The molecule has 2 bridgehead atoms. The molecule has 9 aromatic rings. The number of aromatic nitrogens is 3. The number of hydrogen-bond acceptors (Lipinski definition) is 4. The summed E-state index contributed by atoms with van der Waals surface area (Å²) < 4.78 is 2.67. The Morgan fingerprint density at radius 3 is 1.95 bits per heavy atom. The van der Waals surface area contributed by atoms with Crippen molar-refractivity contribution in [3.05, 3.63) is 174 Å². The van der Waals surface area contributed by atoms with Crippen LogP contribution in [0.3, 0.4) is 0 Å². The topological polar surface area (TPSA) is 38.7 Å². The Balaban J connectivity index is 0.974. The highest BCUT2D eigenvalue weighted by Gasteiger charge is 2.57. The molecule has 2 saturated carbocycles. The van der Waals surface area contributed by atoms with E-state index in [1.54, 1.807) is 11.1 Å². The van der Waals surface area contributed by atoms with E-state index in [1.807, 2.05) is 11.3 Å². The quantitative estimate of drug-likeness (QED) is 0.173. The summed E-state index contributed by atoms with van der Waals surface area (Å²) in [5.41, 5.74) is 16.7. The first-order valence-corrected chi connectivity index (χ1v) is 24.4. The van der Waals surface area contributed by atoms with Gasteiger partial charge in [0, 0.05) is 53.3 Å². The molecule has 5 atom stereocenters. The van der Waals surface area contributed by atoms with Crippen molar-refractivity contribution in [2.75, 3.05) is 0 Å². The van der Waals surface area contributed by atoms with Gasteiger partial charge >= 0.3 is 0 Å². The second kappa shape index (κ2) is 14.1. The summed E-state index contributed by atoms with van der Waals surface area (Å²) in [6.07, 6.45) is 6.74. The molecular formula is C60H51N3S. The first kappa shape index (κ1) is 38.2. The van der Waals surface area contributed by atoms with Crippen molar-refractivity contribution >= 4 is 31.5 Å². The standard InChI is InChI=1S/C60H51N3S/c1-5-36-30-37-29-35(2)60(42(31-36)32-37)48-21-13-12-19-45(48)54-49(60)28-27-46-53-47(20-14-22-52(53)64-55(46)54)58-62-56(39-17-10-7-11-18-39)61-57(63-58)41-24-26-44-43-25-23-40(38-15-8-6-9-16-38)33-50(43)59(3,4)51(44)34-41/h6-28,33-37,42H,5,29-32H2,1-4H3. The van der Waals surface area contributed by atoms with Crippen LogP contribution in [0.2, 0.25) is 0 Å². The van der Waals surface area contributed by atoms with Crippen LogP contribution in [-0.2, 0) is 10.8 Å². The van der Waals surface area contributed by atoms with Crippen LogP contribution < -0.4 is 0 Å². The fourth-order valence-electron chi connectivity index (χ4n) is 13.4. The average molecular weight is 846 g/mol. The zero-order valence-electron chi connectivity index (χ0n) is 37.0. The number of rotatable bonds is 5. The van der Waals surface area contributed by atoms with Gasteiger partial charge in [0.1, 0.15) is 0 Å². The molecule has 4 aliphatic carbocycles. The van der Waals surface area contributed by atoms with Crippen LogP contribution in [-0.4, -0.2) is 15.0 Å². The minimum atomic E-state index is -0.200. The maximum Gasteiger partial charge on any atom is 0.164 e. The first-order chi connectivity index (χ1) is 31.3. The molecule has 312 valence electrons. The van der Waals surface area contributed by atoms with E-state index in [2.05, 4.69) is 179 Å². The Morgan fingerprint density at radius 2 is 1.19 bits per heavy atom. The number of benzene rings is 7. The molecule has 64 heavy (non-hydrogen) atoms. The third-order valence-corrected chi connectivity index (χ3v) is 17.5. The highest BCUT2D eigenvalue weighted by atomic mass is 32.1. The van der Waals surface area contributed by atoms with Gasteiger partial charge in [-0.3, -0.25) is 0 Å². The molecule has 0 amide bonds. The van der Waals surface area contributed by atoms with Gasteiger partial charge in [0.15, 0.2) is 17.5 Å². The molecule has 2 fully saturated rings. The van der Waals surface area contributed by atoms with Gasteiger partial charge in [0.25, 0.3) is 0 Å². The predicted molar refractivity (Wildman–Crippen MR) is 267 cm³/mol. The van der Waals surface area contributed by atoms with Crippen LogP contribution >= 0.6 is 11.3 Å². The monoisotopic (exact) mass is 845 g/mol. The number of hydrogen-bond donors (Lipinski definition) is 0. The second-order valence-corrected chi connectivity index (χ2v) is 21.0. The summed E-state index contributed by atoms with van der Waals surface area (Å²) in [4.78, 5) is 16.0. The van der Waals surface area contributed by atoms with Crippen molar-refractivity contribution < 1.29 is 0 Å². The second-order valence-electron chi connectivity index (χ2n) is 19.9. The first-order valence-electron chi connectivity index (χ1n) is 23.6. The van der Waals surface area contributed by atoms with Crippen LogP contribution in [0.15, 0.2) is 152 Å². The number of fused-ring (bicyclic) bond motifs is 15. The van der Waals surface area contributed by atoms with Crippen LogP contribution in [0, 0.1) is 23.7 Å². The van der Waals surface area contributed by atoms with Crippen LogP contribution in [0.4, 0.5) is 0 Å². The van der Waals surface area contributed by atoms with Gasteiger partial charge in [-0.25, -0.2) is 15.0 Å². The fraction of sp³-hybridized carbons (Fsp3) is 0.250. The van der Waals surface area contributed by atoms with E-state index in [9.17, 15) is 0 Å². The molecule has 0 saturated heterocycles. The highest BCUT2D eigenvalue weighted by molar-refractivity contribution is 7.26. The van der Waals surface area contributed by atoms with E-state index in [0.29, 0.717) is 29.3 Å². The SMILES string of the molecule is CCC1CC2CC(C)C3(c4ccccc4-c4c3ccc3c4sc4cccc(-c5nc(-c6ccccc6)nc(-c6ccc7c(c6)C(C)(C)c6cc(-c8ccccc8)ccc6-7)n5)c43)C(C1)C2. The summed E-state index contributed by atoms with van der Waals surface area (Å²) in [5.74, 6) is 5.06. The van der Waals surface area contributed by atoms with E-state index in [0.717, 1.165) is 28.5 Å². The maximum absolute atomic E-state index is 5.43. The zero-order chi connectivity index (χ0) is 42.9. The van der Waals surface area contributed by atoms with Crippen LogP contribution in [0.25, 0.3) is 87.7 Å². The molecule has 5 unspecified atom stereocenters. The van der Waals surface area contributed by atoms with Gasteiger partial charge < -0.3 is 0 Å². The smallest absolute Gasteiger partial charge is 0.164 e. The molecule has 0 aliphatic heterocycles. The largest absolute Gasteiger partial charge is 0.208 e. The van der Waals surface area contributed by atoms with Crippen LogP contribution in [0.5, 0.6) is 0 Å². The van der Waals surface area contributed by atoms with Crippen molar-refractivity contribution in [3.8, 4) is 67.5 Å². The lowest BCUT2D eigenvalue weighted by Gasteiger charge is -2.54. The third-order valence-electron chi connectivity index (χ3n) is 16.3. The van der Waals surface area contributed by atoms with E-state index < -0.39 is 0 Å². The Hall–Kier alpha value is -6.23. The molecule has 2 aromatic heterocycles. The molecule has 0 N–H and O–H groups in total. The van der Waals surface area contributed by atoms with Crippen molar-refractivity contribution in [1.82, 2.24) is 15.0 Å². The highest BCUT2D eigenvalue weighted by Crippen LogP contribution is 2.66. The number of thiophene rings is 1. The van der Waals surface area contributed by atoms with Gasteiger partial charge in [-0.15, -0.1) is 11.3 Å². The van der Waals surface area contributed by atoms with Crippen LogP contribution in [0.1, 0.15) is 82.1 Å². The molecular weight excluding hydrogens is 795 g/mol. The molecule has 3 nitrogen and oxygen atoms in total. The van der Waals surface area contributed by atoms with Gasteiger partial charge in [0.2, 0.25) is 0 Å². The lowest BCUT2D eigenvalue weighted by Crippen LogP contribution is -2.49. The van der Waals surface area contributed by atoms with Crippen molar-refractivity contribution in [2.24, 2.45) is 23.7 Å². The number of nitrogens with zero attached hydrogens (tertiary/aromatic N) is 3. The molecule has 13 rings (SSSR count). The predicted octanol–water partition coefficient (Wildman–Crippen LogP) is 16.0. The summed E-state index contributed by atoms with van der Waals surface area (Å²) >= 11 is 1.95. The van der Waals surface area contributed by atoms with E-state index in [-0.39, 0.29) is 10.8 Å². The van der Waals surface area contributed by atoms with Crippen molar-refractivity contribution in [1.29, 1.82) is 0 Å². The van der Waals surface area contributed by atoms with Gasteiger partial charge in [-0.2, -0.15) is 0 Å². The minimum absolute atomic E-state index is 0.0626. The fourth-order valence-corrected chi connectivity index (χ4v) is 14.7. The average Bonchev–Trinajstić information content (AvgIpc) is 3.95. The Morgan fingerprint density at radius 1 is 0.531 bits per heavy atom. The molecule has 2 heterocycles. The molecule has 4 heteroatoms. The Bertz CT molecular complexity index is 3340. The van der Waals surface area contributed by atoms with E-state index in [4.69, 9.17) is 15.0 Å². The minimum Gasteiger partial charge on any atom is -0.208 e. The molecule has 1 spiro atoms. The summed E-state index contributed by atoms with van der Waals surface area (Å²) in [6.45, 7) is 9.71. The summed E-state index contributed by atoms with van der Waals surface area (Å²) in [5, 5.41) is 2.54. The normalized spacial score (nSPS) is 22.4.